The molecule has 0 bridgehead atoms. The fraction of sp³-hybridized carbons (Fsp3) is 0.619. The second-order valence-electron chi connectivity index (χ2n) is 7.81. The maximum absolute atomic E-state index is 3.59. The summed E-state index contributed by atoms with van der Waals surface area (Å²) in [5, 5.41) is 1.73. The average Bonchev–Trinajstić information content (AvgIpc) is 2.89. The van der Waals surface area contributed by atoms with Gasteiger partial charge in [-0.25, -0.2) is 17.2 Å². The Bertz CT molecular complexity index is 573. The topological polar surface area (TPSA) is 0 Å². The van der Waals surface area contributed by atoms with Gasteiger partial charge in [0.2, 0.25) is 0 Å². The van der Waals surface area contributed by atoms with Crippen molar-refractivity contribution in [2.24, 2.45) is 5.41 Å². The largest absolute Gasteiger partial charge is 4.00 e. The molecule has 2 aliphatic carbocycles. The molecule has 0 unspecified atom stereocenters. The van der Waals surface area contributed by atoms with Gasteiger partial charge in [0.1, 0.15) is 0 Å². The van der Waals surface area contributed by atoms with Crippen LogP contribution in [0.3, 0.4) is 0 Å². The Morgan fingerprint density at radius 1 is 1.08 bits per heavy atom. The van der Waals surface area contributed by atoms with E-state index in [4.69, 9.17) is 0 Å². The van der Waals surface area contributed by atoms with Crippen LogP contribution in [0.25, 0.3) is 0 Å². The predicted octanol–water partition coefficient (Wildman–Crippen LogP) is 0.595. The van der Waals surface area contributed by atoms with E-state index in [0.717, 1.165) is 0 Å². The van der Waals surface area contributed by atoms with Gasteiger partial charge < -0.3 is 24.8 Å². The van der Waals surface area contributed by atoms with Gasteiger partial charge in [0.05, 0.1) is 8.07 Å². The Morgan fingerprint density at radius 2 is 1.64 bits per heavy atom. The quantitative estimate of drug-likeness (QED) is 0.444. The summed E-state index contributed by atoms with van der Waals surface area (Å²) in [5.74, 6) is 0. The van der Waals surface area contributed by atoms with Gasteiger partial charge in [-0.3, -0.25) is 12.2 Å². The Morgan fingerprint density at radius 3 is 1.84 bits per heavy atom. The molecular formula is C21H32Cl2SiTi. The van der Waals surface area contributed by atoms with Crippen molar-refractivity contribution in [3.63, 3.8) is 0 Å². The summed E-state index contributed by atoms with van der Waals surface area (Å²) in [6.07, 6.45) is 12.1. The first-order chi connectivity index (χ1) is 10.2. The molecule has 0 N–H and O–H groups in total. The minimum atomic E-state index is -0.872. The Kier molecular flexibility index (Phi) is 11.9. The summed E-state index contributed by atoms with van der Waals surface area (Å²) in [6, 6.07) is 4.55. The molecule has 1 saturated heterocycles. The van der Waals surface area contributed by atoms with Crippen molar-refractivity contribution < 1.29 is 46.5 Å². The van der Waals surface area contributed by atoms with Crippen LogP contribution in [0.2, 0.25) is 18.1 Å². The van der Waals surface area contributed by atoms with Crippen LogP contribution in [0.4, 0.5) is 0 Å². The molecule has 1 aliphatic heterocycles. The number of rotatable bonds is 2. The van der Waals surface area contributed by atoms with Crippen molar-refractivity contribution in [3.8, 4) is 0 Å². The monoisotopic (exact) mass is 430 g/mol. The Hall–Kier alpha value is 0.471. The molecule has 0 aromatic heterocycles. The van der Waals surface area contributed by atoms with Crippen LogP contribution in [0, 0.1) is 17.6 Å². The number of allylic oxidation sites excluding steroid dienone is 8. The van der Waals surface area contributed by atoms with E-state index in [9.17, 15) is 0 Å². The van der Waals surface area contributed by atoms with E-state index < -0.39 is 8.07 Å². The smallest absolute Gasteiger partial charge is 1.00 e. The minimum Gasteiger partial charge on any atom is -1.00 e. The van der Waals surface area contributed by atoms with E-state index in [1.807, 2.05) is 0 Å². The summed E-state index contributed by atoms with van der Waals surface area (Å²) in [7, 11) is -0.872. The molecule has 138 valence electrons. The zero-order chi connectivity index (χ0) is 16.5. The third-order valence-electron chi connectivity index (χ3n) is 6.15. The summed E-state index contributed by atoms with van der Waals surface area (Å²) >= 11 is 0. The van der Waals surface area contributed by atoms with Crippen molar-refractivity contribution in [1.29, 1.82) is 0 Å². The van der Waals surface area contributed by atoms with E-state index >= 15 is 0 Å². The van der Waals surface area contributed by atoms with Gasteiger partial charge in [-0.1, -0.05) is 71.5 Å². The molecule has 0 saturated carbocycles. The van der Waals surface area contributed by atoms with Crippen LogP contribution in [-0.2, 0) is 21.7 Å². The normalized spacial score (nSPS) is 22.0. The van der Waals surface area contributed by atoms with E-state index in [0.29, 0.717) is 0 Å². The standard InChI is InChI=1S/C11H17Si.C10H15.2ClH.Ti/c1-3-12(7-4-8-12)11-6-5-10(2)9-11;1-7-6-10(4,5)9(3)8(7)2;;;/h5H,3-4,6-8H2,1-2H3;1-5H3;2*1H;/q2*-1;;;+4/p-2. The molecule has 0 nitrogen and oxygen atoms in total. The zero-order valence-electron chi connectivity index (χ0n) is 16.9. The number of halogens is 2. The molecule has 0 atom stereocenters. The first-order valence-corrected chi connectivity index (χ1v) is 11.4. The summed E-state index contributed by atoms with van der Waals surface area (Å²) in [4.78, 5) is 0. The molecule has 3 aliphatic rings. The maximum Gasteiger partial charge on any atom is 4.00 e. The van der Waals surface area contributed by atoms with E-state index in [1.54, 1.807) is 17.3 Å². The molecule has 0 aromatic rings. The van der Waals surface area contributed by atoms with Crippen LogP contribution in [0.5, 0.6) is 0 Å². The Labute approximate surface area is 184 Å². The molecule has 0 spiro atoms. The van der Waals surface area contributed by atoms with E-state index in [2.05, 4.69) is 66.7 Å². The third-order valence-corrected chi connectivity index (χ3v) is 11.7. The van der Waals surface area contributed by atoms with Gasteiger partial charge in [0.25, 0.3) is 0 Å². The van der Waals surface area contributed by atoms with E-state index in [1.165, 1.54) is 41.2 Å². The van der Waals surface area contributed by atoms with Gasteiger partial charge in [-0.15, -0.1) is 13.3 Å². The average molecular weight is 431 g/mol. The summed E-state index contributed by atoms with van der Waals surface area (Å²) in [5.41, 5.74) is 5.78. The molecule has 1 fully saturated rings. The van der Waals surface area contributed by atoms with Crippen LogP contribution in [0.1, 0.15) is 61.3 Å². The van der Waals surface area contributed by atoms with Gasteiger partial charge in [0.15, 0.2) is 0 Å². The van der Waals surface area contributed by atoms with Gasteiger partial charge in [-0.2, -0.15) is 16.3 Å². The number of hydrogen-bond acceptors (Lipinski definition) is 0. The van der Waals surface area contributed by atoms with Crippen molar-refractivity contribution in [2.45, 2.75) is 79.4 Å². The molecule has 25 heavy (non-hydrogen) atoms. The second-order valence-corrected chi connectivity index (χ2v) is 12.7. The fourth-order valence-electron chi connectivity index (χ4n) is 3.82. The van der Waals surface area contributed by atoms with Gasteiger partial charge in [0, 0.05) is 0 Å². The van der Waals surface area contributed by atoms with Crippen LogP contribution in [-0.4, -0.2) is 8.07 Å². The van der Waals surface area contributed by atoms with Gasteiger partial charge in [-0.05, 0) is 0 Å². The predicted molar refractivity (Wildman–Crippen MR) is 100 cm³/mol. The summed E-state index contributed by atoms with van der Waals surface area (Å²) in [6.45, 7) is 15.5. The first kappa shape index (κ1) is 27.7. The minimum absolute atomic E-state index is 0. The van der Waals surface area contributed by atoms with Crippen molar-refractivity contribution in [3.05, 3.63) is 45.7 Å². The zero-order valence-corrected chi connectivity index (χ0v) is 20.9. The first-order valence-electron chi connectivity index (χ1n) is 8.82. The molecule has 0 radical (unpaired) electrons. The molecule has 0 amide bonds. The van der Waals surface area contributed by atoms with Crippen molar-refractivity contribution >= 4 is 8.07 Å². The Balaban J connectivity index is 0. The van der Waals surface area contributed by atoms with Crippen molar-refractivity contribution in [1.82, 2.24) is 0 Å². The molecular weight excluding hydrogens is 399 g/mol. The second kappa shape index (κ2) is 10.7. The van der Waals surface area contributed by atoms with Crippen molar-refractivity contribution in [2.75, 3.05) is 0 Å². The molecule has 0 aromatic carbocycles. The molecule has 3 rings (SSSR count). The molecule has 1 heterocycles. The van der Waals surface area contributed by atoms with Crippen LogP contribution in [0.15, 0.2) is 33.6 Å². The van der Waals surface area contributed by atoms with Gasteiger partial charge >= 0.3 is 21.7 Å². The maximum atomic E-state index is 3.59. The van der Waals surface area contributed by atoms with E-state index in [-0.39, 0.29) is 51.9 Å². The molecule has 4 heteroatoms. The summed E-state index contributed by atoms with van der Waals surface area (Å²) < 4.78 is 0. The van der Waals surface area contributed by atoms with Crippen LogP contribution >= 0.6 is 0 Å². The third kappa shape index (κ3) is 5.98. The fourth-order valence-corrected chi connectivity index (χ4v) is 7.76. The number of hydrogen-bond donors (Lipinski definition) is 0. The SMILES string of the molecule is CC1=[C-]C(C)(C)C(C)=C1C.CC[Si]1(C2=[C-]C(C)=CC2)CCC1.[Cl-].[Cl-].[Ti+4]. The van der Waals surface area contributed by atoms with Crippen LogP contribution < -0.4 is 24.8 Å².